The van der Waals surface area contributed by atoms with Gasteiger partial charge in [-0.1, -0.05) is 39.3 Å². The van der Waals surface area contributed by atoms with Gasteiger partial charge in [0.1, 0.15) is 17.9 Å². The third kappa shape index (κ3) is 2.98. The lowest BCUT2D eigenvalue weighted by Crippen LogP contribution is -2.75. The predicted octanol–water partition coefficient (Wildman–Crippen LogP) is 4.49. The van der Waals surface area contributed by atoms with Crippen LogP contribution in [0.4, 0.5) is 0 Å². The summed E-state index contributed by atoms with van der Waals surface area (Å²) in [6.45, 7) is 9.27. The second-order valence-corrected chi connectivity index (χ2v) is 9.49. The van der Waals surface area contributed by atoms with Crippen molar-refractivity contribution in [3.63, 3.8) is 0 Å². The molecule has 0 atom stereocenters. The molecule has 1 aromatic heterocycles. The third-order valence-electron chi connectivity index (χ3n) is 6.41. The molecule has 1 aliphatic heterocycles. The SMILES string of the molecule is CC1(C)[C@H](Oc2ccc(C#N)c(Cl)c2)C(C)(C)[C@H]1N1CCc2ccncc2C1=O. The molecular weight excluding hydrogens is 386 g/mol. The second-order valence-electron chi connectivity index (χ2n) is 9.08. The smallest absolute Gasteiger partial charge is 0.256 e. The average Bonchev–Trinajstić information content (AvgIpc) is 2.68. The lowest BCUT2D eigenvalue weighted by atomic mass is 9.48. The Morgan fingerprint density at radius 2 is 1.97 bits per heavy atom. The van der Waals surface area contributed by atoms with E-state index < -0.39 is 0 Å². The number of nitrogens with zero attached hydrogens (tertiary/aromatic N) is 3. The van der Waals surface area contributed by atoms with Crippen LogP contribution in [0.3, 0.4) is 0 Å². The molecule has 5 nitrogen and oxygen atoms in total. The summed E-state index contributed by atoms with van der Waals surface area (Å²) in [5.74, 6) is 0.684. The van der Waals surface area contributed by atoms with Gasteiger partial charge in [-0.05, 0) is 30.2 Å². The summed E-state index contributed by atoms with van der Waals surface area (Å²) in [6, 6.07) is 9.17. The molecule has 1 saturated carbocycles. The van der Waals surface area contributed by atoms with Crippen LogP contribution in [-0.4, -0.2) is 34.5 Å². The van der Waals surface area contributed by atoms with E-state index in [1.807, 2.05) is 11.0 Å². The Bertz CT molecular complexity index is 1010. The van der Waals surface area contributed by atoms with Crippen LogP contribution in [0.2, 0.25) is 5.02 Å². The van der Waals surface area contributed by atoms with Crippen molar-refractivity contribution in [1.82, 2.24) is 9.88 Å². The van der Waals surface area contributed by atoms with Gasteiger partial charge in [0, 0.05) is 41.9 Å². The largest absolute Gasteiger partial charge is 0.489 e. The van der Waals surface area contributed by atoms with Crippen molar-refractivity contribution in [3.05, 3.63) is 58.4 Å². The Balaban J connectivity index is 1.60. The highest BCUT2D eigenvalue weighted by Crippen LogP contribution is 2.58. The van der Waals surface area contributed by atoms with E-state index >= 15 is 0 Å². The standard InChI is InChI=1S/C23H24ClN3O2/c1-22(2)20(27-10-8-14-7-9-26-13-17(14)19(27)28)23(3,4)21(22)29-16-6-5-15(12-25)18(24)11-16/h5-7,9,11,13,20-21H,8,10H2,1-4H3/t20-,21-. The lowest BCUT2D eigenvalue weighted by molar-refractivity contribution is -0.199. The summed E-state index contributed by atoms with van der Waals surface area (Å²) < 4.78 is 6.34. The summed E-state index contributed by atoms with van der Waals surface area (Å²) in [5, 5.41) is 9.45. The number of carbonyl (C=O) groups is 1. The minimum Gasteiger partial charge on any atom is -0.489 e. The van der Waals surface area contributed by atoms with Crippen molar-refractivity contribution in [2.45, 2.75) is 46.3 Å². The van der Waals surface area contributed by atoms with Gasteiger partial charge in [-0.15, -0.1) is 0 Å². The molecule has 4 rings (SSSR count). The van der Waals surface area contributed by atoms with Crippen LogP contribution < -0.4 is 4.74 Å². The first-order valence-electron chi connectivity index (χ1n) is 9.78. The molecule has 6 heteroatoms. The lowest BCUT2D eigenvalue weighted by Gasteiger charge is -2.66. The summed E-state index contributed by atoms with van der Waals surface area (Å²) in [4.78, 5) is 19.3. The number of aromatic nitrogens is 1. The first-order chi connectivity index (χ1) is 13.7. The maximum absolute atomic E-state index is 13.2. The van der Waals surface area contributed by atoms with E-state index in [9.17, 15) is 4.79 Å². The number of carbonyl (C=O) groups excluding carboxylic acids is 1. The van der Waals surface area contributed by atoms with Crippen molar-refractivity contribution in [1.29, 1.82) is 5.26 Å². The minimum atomic E-state index is -0.251. The first kappa shape index (κ1) is 19.7. The molecular formula is C23H24ClN3O2. The van der Waals surface area contributed by atoms with Crippen LogP contribution in [0.1, 0.15) is 49.2 Å². The van der Waals surface area contributed by atoms with Gasteiger partial charge in [-0.2, -0.15) is 5.26 Å². The number of ether oxygens (including phenoxy) is 1. The van der Waals surface area contributed by atoms with Crippen LogP contribution in [0.25, 0.3) is 0 Å². The molecule has 2 aliphatic rings. The molecule has 29 heavy (non-hydrogen) atoms. The number of rotatable bonds is 3. The van der Waals surface area contributed by atoms with E-state index in [0.717, 1.165) is 12.0 Å². The number of hydrogen-bond acceptors (Lipinski definition) is 4. The number of benzene rings is 1. The maximum atomic E-state index is 13.2. The first-order valence-corrected chi connectivity index (χ1v) is 10.2. The van der Waals surface area contributed by atoms with Crippen molar-refractivity contribution in [2.75, 3.05) is 6.54 Å². The molecule has 0 N–H and O–H groups in total. The summed E-state index contributed by atoms with van der Waals surface area (Å²) >= 11 is 6.17. The van der Waals surface area contributed by atoms with Crippen LogP contribution >= 0.6 is 11.6 Å². The topological polar surface area (TPSA) is 66.2 Å². The third-order valence-corrected chi connectivity index (χ3v) is 6.72. The zero-order valence-corrected chi connectivity index (χ0v) is 17.8. The van der Waals surface area contributed by atoms with Gasteiger partial charge in [0.15, 0.2) is 0 Å². The molecule has 2 heterocycles. The van der Waals surface area contributed by atoms with Gasteiger partial charge in [-0.25, -0.2) is 0 Å². The van der Waals surface area contributed by atoms with Gasteiger partial charge in [0.2, 0.25) is 0 Å². The molecule has 150 valence electrons. The Kier molecular flexibility index (Phi) is 4.59. The van der Waals surface area contributed by atoms with E-state index in [4.69, 9.17) is 21.6 Å². The van der Waals surface area contributed by atoms with Gasteiger partial charge in [0.25, 0.3) is 5.91 Å². The zero-order chi connectivity index (χ0) is 21.0. The van der Waals surface area contributed by atoms with Gasteiger partial charge >= 0.3 is 0 Å². The van der Waals surface area contributed by atoms with E-state index in [1.165, 1.54) is 0 Å². The number of halogens is 1. The van der Waals surface area contributed by atoms with E-state index in [-0.39, 0.29) is 28.9 Å². The Morgan fingerprint density at radius 1 is 1.24 bits per heavy atom. The van der Waals surface area contributed by atoms with Crippen molar-refractivity contribution in [2.24, 2.45) is 10.8 Å². The fraction of sp³-hybridized carbons (Fsp3) is 0.435. The predicted molar refractivity (Wildman–Crippen MR) is 111 cm³/mol. The van der Waals surface area contributed by atoms with E-state index in [2.05, 4.69) is 38.7 Å². The summed E-state index contributed by atoms with van der Waals surface area (Å²) in [7, 11) is 0. The molecule has 0 radical (unpaired) electrons. The molecule has 0 saturated heterocycles. The quantitative estimate of drug-likeness (QED) is 0.749. The van der Waals surface area contributed by atoms with Crippen LogP contribution in [0, 0.1) is 22.2 Å². The summed E-state index contributed by atoms with van der Waals surface area (Å²) in [6.07, 6.45) is 4.15. The second kappa shape index (κ2) is 6.74. The number of amides is 1. The van der Waals surface area contributed by atoms with Crippen LogP contribution in [0.5, 0.6) is 5.75 Å². The monoisotopic (exact) mass is 409 g/mol. The van der Waals surface area contributed by atoms with Crippen molar-refractivity contribution >= 4 is 17.5 Å². The molecule has 0 bridgehead atoms. The van der Waals surface area contributed by atoms with Crippen LogP contribution in [-0.2, 0) is 6.42 Å². The van der Waals surface area contributed by atoms with Crippen molar-refractivity contribution in [3.8, 4) is 11.8 Å². The van der Waals surface area contributed by atoms with Gasteiger partial charge < -0.3 is 9.64 Å². The fourth-order valence-electron chi connectivity index (χ4n) is 5.59. The molecule has 2 aromatic rings. The van der Waals surface area contributed by atoms with Crippen LogP contribution in [0.15, 0.2) is 36.7 Å². The zero-order valence-electron chi connectivity index (χ0n) is 17.1. The molecule has 1 amide bonds. The molecule has 1 aromatic carbocycles. The highest BCUT2D eigenvalue weighted by molar-refractivity contribution is 6.31. The number of nitriles is 1. The maximum Gasteiger partial charge on any atom is 0.256 e. The van der Waals surface area contributed by atoms with Gasteiger partial charge in [0.05, 0.1) is 16.1 Å². The highest BCUT2D eigenvalue weighted by atomic mass is 35.5. The fourth-order valence-corrected chi connectivity index (χ4v) is 5.80. The molecule has 0 unspecified atom stereocenters. The summed E-state index contributed by atoms with van der Waals surface area (Å²) in [5.41, 5.74) is 1.69. The Hall–Kier alpha value is -2.58. The molecule has 0 spiro atoms. The molecule has 1 aliphatic carbocycles. The number of hydrogen-bond donors (Lipinski definition) is 0. The number of pyridine rings is 1. The normalized spacial score (nSPS) is 24.3. The number of fused-ring (bicyclic) bond motifs is 1. The molecule has 1 fully saturated rings. The van der Waals surface area contributed by atoms with E-state index in [0.29, 0.717) is 28.4 Å². The van der Waals surface area contributed by atoms with E-state index in [1.54, 1.807) is 30.6 Å². The average molecular weight is 410 g/mol. The van der Waals surface area contributed by atoms with Crippen molar-refractivity contribution < 1.29 is 9.53 Å². The minimum absolute atomic E-state index is 0.0368. The van der Waals surface area contributed by atoms with Gasteiger partial charge in [-0.3, -0.25) is 9.78 Å². The highest BCUT2D eigenvalue weighted by Gasteiger charge is 2.66. The Morgan fingerprint density at radius 3 is 2.62 bits per heavy atom. The Labute approximate surface area is 176 Å².